The normalized spacial score (nSPS) is 12.9. The number of H-pyrrole nitrogens is 1. The van der Waals surface area contributed by atoms with E-state index in [9.17, 15) is 0 Å². The first kappa shape index (κ1) is 13.5. The molecule has 1 N–H and O–H groups in total. The van der Waals surface area contributed by atoms with Crippen LogP contribution in [-0.4, -0.2) is 9.55 Å². The highest BCUT2D eigenvalue weighted by Gasteiger charge is 2.13. The van der Waals surface area contributed by atoms with Gasteiger partial charge in [0.15, 0.2) is 4.77 Å². The number of aromatic nitrogens is 2. The van der Waals surface area contributed by atoms with Crippen LogP contribution in [-0.2, 0) is 6.42 Å². The number of nitrogens with one attached hydrogen (secondary N) is 1. The van der Waals surface area contributed by atoms with E-state index in [1.807, 2.05) is 0 Å². The first-order valence-electron chi connectivity index (χ1n) is 6.53. The molecule has 0 aromatic carbocycles. The molecule has 0 aliphatic rings. The number of hydrogen-bond donors (Lipinski definition) is 1. The van der Waals surface area contributed by atoms with Gasteiger partial charge in [-0.2, -0.15) is 0 Å². The van der Waals surface area contributed by atoms with E-state index in [0.717, 1.165) is 11.2 Å². The summed E-state index contributed by atoms with van der Waals surface area (Å²) in [5.74, 6) is 0. The van der Waals surface area contributed by atoms with Crippen molar-refractivity contribution in [3.8, 4) is 0 Å². The Labute approximate surface area is 104 Å². The van der Waals surface area contributed by atoms with Crippen LogP contribution < -0.4 is 0 Å². The number of imidazole rings is 1. The highest BCUT2D eigenvalue weighted by molar-refractivity contribution is 7.71. The lowest BCUT2D eigenvalue weighted by atomic mass is 10.0. The molecule has 0 fully saturated rings. The van der Waals surface area contributed by atoms with Crippen molar-refractivity contribution in [3.05, 3.63) is 16.7 Å². The Hall–Kier alpha value is -0.570. The lowest BCUT2D eigenvalue weighted by molar-refractivity contribution is 0.404. The maximum Gasteiger partial charge on any atom is 0.177 e. The van der Waals surface area contributed by atoms with E-state index in [1.54, 1.807) is 0 Å². The molecule has 0 amide bonds. The minimum absolute atomic E-state index is 0.596. The zero-order valence-corrected chi connectivity index (χ0v) is 11.6. The van der Waals surface area contributed by atoms with Gasteiger partial charge in [0.25, 0.3) is 0 Å². The molecule has 0 saturated carbocycles. The van der Waals surface area contributed by atoms with Gasteiger partial charge in [-0.3, -0.25) is 0 Å². The number of rotatable bonds is 7. The van der Waals surface area contributed by atoms with E-state index < -0.39 is 0 Å². The Kier molecular flexibility index (Phi) is 5.81. The maximum atomic E-state index is 5.39. The van der Waals surface area contributed by atoms with Crippen molar-refractivity contribution < 1.29 is 0 Å². The molecular weight excluding hydrogens is 216 g/mol. The third-order valence-corrected chi connectivity index (χ3v) is 3.45. The van der Waals surface area contributed by atoms with Crippen molar-refractivity contribution in [3.63, 3.8) is 0 Å². The van der Waals surface area contributed by atoms with Gasteiger partial charge in [-0.1, -0.05) is 40.0 Å². The molecule has 0 aliphatic carbocycles. The van der Waals surface area contributed by atoms with E-state index in [-0.39, 0.29) is 0 Å². The molecule has 0 bridgehead atoms. The smallest absolute Gasteiger partial charge is 0.177 e. The van der Waals surface area contributed by atoms with Crippen LogP contribution >= 0.6 is 12.2 Å². The van der Waals surface area contributed by atoms with Gasteiger partial charge in [0.1, 0.15) is 0 Å². The molecule has 1 rings (SSSR count). The zero-order chi connectivity index (χ0) is 12.0. The average Bonchev–Trinajstić information content (AvgIpc) is 2.66. The van der Waals surface area contributed by atoms with Crippen LogP contribution in [0.15, 0.2) is 6.20 Å². The standard InChI is InChI=1S/C13H24N2S/c1-4-7-9-12(8-5-2)15-11(6-3)10-14-13(15)16/h10,12H,4-9H2,1-3H3,(H,14,16). The van der Waals surface area contributed by atoms with Crippen molar-refractivity contribution in [2.45, 2.75) is 65.3 Å². The maximum absolute atomic E-state index is 5.39. The average molecular weight is 240 g/mol. The fraction of sp³-hybridized carbons (Fsp3) is 0.769. The second-order valence-corrected chi connectivity index (χ2v) is 4.78. The summed E-state index contributed by atoms with van der Waals surface area (Å²) in [7, 11) is 0. The molecule has 0 spiro atoms. The van der Waals surface area contributed by atoms with Crippen LogP contribution in [0, 0.1) is 4.77 Å². The molecule has 1 atom stereocenters. The van der Waals surface area contributed by atoms with Crippen molar-refractivity contribution >= 4 is 12.2 Å². The SMILES string of the molecule is CCCCC(CCC)n1c(CC)c[nH]c1=S. The lowest BCUT2D eigenvalue weighted by Crippen LogP contribution is -2.12. The summed E-state index contributed by atoms with van der Waals surface area (Å²) < 4.78 is 3.24. The quantitative estimate of drug-likeness (QED) is 0.689. The van der Waals surface area contributed by atoms with Crippen molar-refractivity contribution in [2.24, 2.45) is 0 Å². The number of nitrogens with zero attached hydrogens (tertiary/aromatic N) is 1. The van der Waals surface area contributed by atoms with Crippen LogP contribution in [0.3, 0.4) is 0 Å². The van der Waals surface area contributed by atoms with Crippen LogP contribution in [0.4, 0.5) is 0 Å². The summed E-state index contributed by atoms with van der Waals surface area (Å²) in [5, 5.41) is 0. The van der Waals surface area contributed by atoms with Crippen LogP contribution in [0.2, 0.25) is 0 Å². The van der Waals surface area contributed by atoms with E-state index in [2.05, 4.69) is 36.5 Å². The summed E-state index contributed by atoms with van der Waals surface area (Å²) in [4.78, 5) is 3.18. The monoisotopic (exact) mass is 240 g/mol. The summed E-state index contributed by atoms with van der Waals surface area (Å²) in [5.41, 5.74) is 1.35. The predicted octanol–water partition coefficient (Wildman–Crippen LogP) is 4.64. The Balaban J connectivity index is 2.89. The third kappa shape index (κ3) is 3.21. The Morgan fingerprint density at radius 1 is 1.25 bits per heavy atom. The molecule has 1 unspecified atom stereocenters. The van der Waals surface area contributed by atoms with Gasteiger partial charge >= 0.3 is 0 Å². The van der Waals surface area contributed by atoms with E-state index >= 15 is 0 Å². The highest BCUT2D eigenvalue weighted by Crippen LogP contribution is 2.23. The van der Waals surface area contributed by atoms with Gasteiger partial charge in [0.05, 0.1) is 0 Å². The van der Waals surface area contributed by atoms with E-state index in [0.29, 0.717) is 6.04 Å². The molecule has 16 heavy (non-hydrogen) atoms. The van der Waals surface area contributed by atoms with Gasteiger partial charge in [-0.15, -0.1) is 0 Å². The fourth-order valence-electron chi connectivity index (χ4n) is 2.26. The summed E-state index contributed by atoms with van der Waals surface area (Å²) in [6.45, 7) is 6.69. The molecule has 2 nitrogen and oxygen atoms in total. The van der Waals surface area contributed by atoms with Gasteiger partial charge < -0.3 is 9.55 Å². The Morgan fingerprint density at radius 2 is 2.00 bits per heavy atom. The van der Waals surface area contributed by atoms with Crippen LogP contribution in [0.1, 0.15) is 64.6 Å². The molecule has 0 saturated heterocycles. The molecular formula is C13H24N2S. The largest absolute Gasteiger partial charge is 0.337 e. The molecule has 92 valence electrons. The van der Waals surface area contributed by atoms with E-state index in [1.165, 1.54) is 37.8 Å². The number of aromatic amines is 1. The third-order valence-electron chi connectivity index (χ3n) is 3.13. The molecule has 3 heteroatoms. The molecule has 1 aromatic heterocycles. The van der Waals surface area contributed by atoms with Crippen LogP contribution in [0.25, 0.3) is 0 Å². The first-order valence-corrected chi connectivity index (χ1v) is 6.94. The highest BCUT2D eigenvalue weighted by atomic mass is 32.1. The van der Waals surface area contributed by atoms with Crippen molar-refractivity contribution in [1.82, 2.24) is 9.55 Å². The van der Waals surface area contributed by atoms with Gasteiger partial charge in [0, 0.05) is 17.9 Å². The number of hydrogen-bond acceptors (Lipinski definition) is 1. The molecule has 0 radical (unpaired) electrons. The minimum atomic E-state index is 0.596. The molecule has 1 heterocycles. The minimum Gasteiger partial charge on any atom is -0.337 e. The predicted molar refractivity (Wildman–Crippen MR) is 72.5 cm³/mol. The topological polar surface area (TPSA) is 20.7 Å². The van der Waals surface area contributed by atoms with Gasteiger partial charge in [-0.25, -0.2) is 0 Å². The zero-order valence-electron chi connectivity index (χ0n) is 10.8. The number of aryl methyl sites for hydroxylation is 1. The summed E-state index contributed by atoms with van der Waals surface area (Å²) in [6, 6.07) is 0.596. The van der Waals surface area contributed by atoms with Gasteiger partial charge in [0.2, 0.25) is 0 Å². The molecule has 0 aliphatic heterocycles. The number of unbranched alkanes of at least 4 members (excludes halogenated alkanes) is 1. The Morgan fingerprint density at radius 3 is 2.56 bits per heavy atom. The molecule has 1 aromatic rings. The summed E-state index contributed by atoms with van der Waals surface area (Å²) >= 11 is 5.39. The van der Waals surface area contributed by atoms with Crippen LogP contribution in [0.5, 0.6) is 0 Å². The van der Waals surface area contributed by atoms with Gasteiger partial charge in [-0.05, 0) is 31.5 Å². The lowest BCUT2D eigenvalue weighted by Gasteiger charge is -2.20. The van der Waals surface area contributed by atoms with E-state index in [4.69, 9.17) is 12.2 Å². The van der Waals surface area contributed by atoms with Crippen molar-refractivity contribution in [1.29, 1.82) is 0 Å². The second-order valence-electron chi connectivity index (χ2n) is 4.39. The second kappa shape index (κ2) is 6.89. The summed E-state index contributed by atoms with van der Waals surface area (Å²) in [6.07, 6.45) is 9.39. The van der Waals surface area contributed by atoms with Crippen molar-refractivity contribution in [2.75, 3.05) is 0 Å². The fourth-order valence-corrected chi connectivity index (χ4v) is 2.59. The first-order chi connectivity index (χ1) is 7.74. The Bertz CT molecular complexity index is 351.